The van der Waals surface area contributed by atoms with Crippen LogP contribution in [0.5, 0.6) is 0 Å². The molecule has 0 spiro atoms. The zero-order valence-electron chi connectivity index (χ0n) is 11.8. The molecular formula is C14H23N3O2. The summed E-state index contributed by atoms with van der Waals surface area (Å²) in [5.41, 5.74) is 0.758. The minimum atomic E-state index is 0.0626. The number of carbonyl (C=O) groups is 1. The molecule has 1 aromatic heterocycles. The molecular weight excluding hydrogens is 242 g/mol. The number of aryl methyl sites for hydroxylation is 1. The Bertz CT molecular complexity index is 411. The monoisotopic (exact) mass is 265 g/mol. The van der Waals surface area contributed by atoms with Gasteiger partial charge in [-0.1, -0.05) is 6.92 Å². The van der Waals surface area contributed by atoms with E-state index < -0.39 is 0 Å². The molecule has 0 aromatic carbocycles. The molecule has 1 aliphatic heterocycles. The lowest BCUT2D eigenvalue weighted by molar-refractivity contribution is 0.0101. The van der Waals surface area contributed by atoms with Gasteiger partial charge in [-0.2, -0.15) is 0 Å². The average molecular weight is 265 g/mol. The summed E-state index contributed by atoms with van der Waals surface area (Å²) in [5.74, 6) is 0.0626. The van der Waals surface area contributed by atoms with E-state index in [1.807, 2.05) is 29.9 Å². The molecule has 0 saturated carbocycles. The van der Waals surface area contributed by atoms with Crippen molar-refractivity contribution in [3.63, 3.8) is 0 Å². The van der Waals surface area contributed by atoms with Crippen molar-refractivity contribution in [2.75, 3.05) is 33.3 Å². The Morgan fingerprint density at radius 3 is 3.16 bits per heavy atom. The van der Waals surface area contributed by atoms with Gasteiger partial charge in [0.25, 0.3) is 5.91 Å². The summed E-state index contributed by atoms with van der Waals surface area (Å²) in [4.78, 5) is 14.2. The highest BCUT2D eigenvalue weighted by Gasteiger charge is 2.21. The van der Waals surface area contributed by atoms with E-state index in [2.05, 4.69) is 12.2 Å². The van der Waals surface area contributed by atoms with Crippen molar-refractivity contribution in [3.8, 4) is 0 Å². The number of amides is 1. The average Bonchev–Trinajstić information content (AvgIpc) is 2.87. The Kier molecular flexibility index (Phi) is 4.99. The quantitative estimate of drug-likeness (QED) is 0.862. The number of nitrogens with zero attached hydrogens (tertiary/aromatic N) is 2. The molecule has 0 bridgehead atoms. The van der Waals surface area contributed by atoms with Gasteiger partial charge in [0.1, 0.15) is 5.69 Å². The van der Waals surface area contributed by atoms with Gasteiger partial charge < -0.3 is 19.5 Å². The highest BCUT2D eigenvalue weighted by atomic mass is 16.5. The van der Waals surface area contributed by atoms with E-state index >= 15 is 0 Å². The van der Waals surface area contributed by atoms with Gasteiger partial charge in [-0.05, 0) is 18.6 Å². The first kappa shape index (κ1) is 14.1. The van der Waals surface area contributed by atoms with Crippen LogP contribution in [0.3, 0.4) is 0 Å². The molecule has 1 amide bonds. The normalized spacial score (nSPS) is 19.4. The molecule has 2 heterocycles. The Balaban J connectivity index is 1.95. The molecule has 1 aromatic rings. The first-order valence-corrected chi connectivity index (χ1v) is 6.95. The Hall–Kier alpha value is -1.33. The molecule has 5 nitrogen and oxygen atoms in total. The highest BCUT2D eigenvalue weighted by Crippen LogP contribution is 2.08. The number of aromatic nitrogens is 1. The third kappa shape index (κ3) is 3.58. The fourth-order valence-corrected chi connectivity index (χ4v) is 2.37. The number of morpholine rings is 1. The zero-order chi connectivity index (χ0) is 13.7. The van der Waals surface area contributed by atoms with Gasteiger partial charge in [-0.25, -0.2) is 0 Å². The number of hydrogen-bond acceptors (Lipinski definition) is 3. The lowest BCUT2D eigenvalue weighted by Crippen LogP contribution is -2.46. The molecule has 1 unspecified atom stereocenters. The first-order valence-electron chi connectivity index (χ1n) is 6.95. The van der Waals surface area contributed by atoms with Crippen LogP contribution in [-0.2, 0) is 11.3 Å². The SMILES string of the molecule is CCCn1cccc1C(=O)N(C)CC1CNCCO1. The van der Waals surface area contributed by atoms with Crippen LogP contribution in [0.2, 0.25) is 0 Å². The van der Waals surface area contributed by atoms with Crippen LogP contribution in [0.4, 0.5) is 0 Å². The van der Waals surface area contributed by atoms with Crippen molar-refractivity contribution in [1.29, 1.82) is 0 Å². The van der Waals surface area contributed by atoms with Gasteiger partial charge in [0.05, 0.1) is 12.7 Å². The maximum Gasteiger partial charge on any atom is 0.270 e. The Morgan fingerprint density at radius 1 is 1.63 bits per heavy atom. The molecule has 5 heteroatoms. The summed E-state index contributed by atoms with van der Waals surface area (Å²) in [7, 11) is 1.84. The predicted octanol–water partition coefficient (Wildman–Crippen LogP) is 0.958. The van der Waals surface area contributed by atoms with Crippen molar-refractivity contribution >= 4 is 5.91 Å². The van der Waals surface area contributed by atoms with E-state index in [9.17, 15) is 4.79 Å². The second kappa shape index (κ2) is 6.73. The van der Waals surface area contributed by atoms with Crippen LogP contribution >= 0.6 is 0 Å². The van der Waals surface area contributed by atoms with Gasteiger partial charge >= 0.3 is 0 Å². The topological polar surface area (TPSA) is 46.5 Å². The van der Waals surface area contributed by atoms with Crippen LogP contribution < -0.4 is 5.32 Å². The lowest BCUT2D eigenvalue weighted by Gasteiger charge is -2.28. The van der Waals surface area contributed by atoms with Crippen LogP contribution in [0.1, 0.15) is 23.8 Å². The fourth-order valence-electron chi connectivity index (χ4n) is 2.37. The molecule has 2 rings (SSSR count). The van der Waals surface area contributed by atoms with E-state index in [1.54, 1.807) is 4.90 Å². The molecule has 19 heavy (non-hydrogen) atoms. The summed E-state index contributed by atoms with van der Waals surface area (Å²) in [6, 6.07) is 3.81. The van der Waals surface area contributed by atoms with E-state index in [0.29, 0.717) is 6.54 Å². The molecule has 106 valence electrons. The van der Waals surface area contributed by atoms with Crippen LogP contribution in [0, 0.1) is 0 Å². The van der Waals surface area contributed by atoms with Crippen molar-refractivity contribution in [2.45, 2.75) is 26.0 Å². The zero-order valence-corrected chi connectivity index (χ0v) is 11.8. The first-order chi connectivity index (χ1) is 9.22. The Labute approximate surface area is 114 Å². The lowest BCUT2D eigenvalue weighted by atomic mass is 10.2. The number of rotatable bonds is 5. The van der Waals surface area contributed by atoms with Crippen molar-refractivity contribution in [1.82, 2.24) is 14.8 Å². The molecule has 0 radical (unpaired) electrons. The minimum absolute atomic E-state index is 0.0626. The van der Waals surface area contributed by atoms with Crippen LogP contribution in [-0.4, -0.2) is 54.8 Å². The standard InChI is InChI=1S/C14H23N3O2/c1-3-7-17-8-4-5-13(17)14(18)16(2)11-12-10-15-6-9-19-12/h4-5,8,12,15H,3,6-7,9-11H2,1-2H3. The van der Waals surface area contributed by atoms with E-state index in [0.717, 1.165) is 38.4 Å². The summed E-state index contributed by atoms with van der Waals surface area (Å²) in [5, 5.41) is 3.28. The smallest absolute Gasteiger partial charge is 0.270 e. The maximum atomic E-state index is 12.4. The predicted molar refractivity (Wildman–Crippen MR) is 74.3 cm³/mol. The van der Waals surface area contributed by atoms with Gasteiger partial charge in [0.15, 0.2) is 0 Å². The third-order valence-electron chi connectivity index (χ3n) is 3.34. The second-order valence-electron chi connectivity index (χ2n) is 4.97. The van der Waals surface area contributed by atoms with E-state index in [1.165, 1.54) is 0 Å². The number of nitrogens with one attached hydrogen (secondary N) is 1. The third-order valence-corrected chi connectivity index (χ3v) is 3.34. The van der Waals surface area contributed by atoms with E-state index in [-0.39, 0.29) is 12.0 Å². The largest absolute Gasteiger partial charge is 0.374 e. The van der Waals surface area contributed by atoms with Gasteiger partial charge in [0.2, 0.25) is 0 Å². The fraction of sp³-hybridized carbons (Fsp3) is 0.643. The van der Waals surface area contributed by atoms with Crippen molar-refractivity contribution in [3.05, 3.63) is 24.0 Å². The van der Waals surface area contributed by atoms with E-state index in [4.69, 9.17) is 4.74 Å². The van der Waals surface area contributed by atoms with Crippen LogP contribution in [0.15, 0.2) is 18.3 Å². The molecule has 1 aliphatic rings. The molecule has 1 fully saturated rings. The molecule has 1 N–H and O–H groups in total. The molecule has 1 atom stereocenters. The molecule has 1 saturated heterocycles. The van der Waals surface area contributed by atoms with Crippen molar-refractivity contribution in [2.24, 2.45) is 0 Å². The van der Waals surface area contributed by atoms with Gasteiger partial charge in [0, 0.05) is 39.4 Å². The Morgan fingerprint density at radius 2 is 2.47 bits per heavy atom. The minimum Gasteiger partial charge on any atom is -0.374 e. The second-order valence-corrected chi connectivity index (χ2v) is 4.97. The summed E-state index contributed by atoms with van der Waals surface area (Å²) < 4.78 is 7.64. The number of carbonyl (C=O) groups excluding carboxylic acids is 1. The van der Waals surface area contributed by atoms with Gasteiger partial charge in [-0.3, -0.25) is 4.79 Å². The maximum absolute atomic E-state index is 12.4. The number of ether oxygens (including phenoxy) is 1. The number of hydrogen-bond donors (Lipinski definition) is 1. The molecule has 0 aliphatic carbocycles. The van der Waals surface area contributed by atoms with Crippen molar-refractivity contribution < 1.29 is 9.53 Å². The summed E-state index contributed by atoms with van der Waals surface area (Å²) in [6.45, 7) is 6.05. The highest BCUT2D eigenvalue weighted by molar-refractivity contribution is 5.92. The van der Waals surface area contributed by atoms with Gasteiger partial charge in [-0.15, -0.1) is 0 Å². The van der Waals surface area contributed by atoms with Crippen LogP contribution in [0.25, 0.3) is 0 Å². The summed E-state index contributed by atoms with van der Waals surface area (Å²) in [6.07, 6.45) is 3.08. The number of likely N-dealkylation sites (N-methyl/N-ethyl adjacent to an activating group) is 1. The summed E-state index contributed by atoms with van der Waals surface area (Å²) >= 11 is 0.